The third kappa shape index (κ3) is 4.41. The van der Waals surface area contributed by atoms with Crippen LogP contribution in [0.2, 0.25) is 0 Å². The maximum atomic E-state index is 12.6. The number of thiazole rings is 1. The number of fused-ring (bicyclic) bond motifs is 1. The minimum Gasteiger partial charge on any atom is -0.497 e. The van der Waals surface area contributed by atoms with Gasteiger partial charge in [-0.25, -0.2) is 9.67 Å². The molecule has 0 spiro atoms. The molecule has 9 heteroatoms. The van der Waals surface area contributed by atoms with E-state index in [4.69, 9.17) is 9.47 Å². The Morgan fingerprint density at radius 2 is 1.94 bits per heavy atom. The zero-order chi connectivity index (χ0) is 22.0. The number of rotatable bonds is 6. The van der Waals surface area contributed by atoms with Crippen molar-refractivity contribution in [3.63, 3.8) is 0 Å². The molecule has 0 fully saturated rings. The van der Waals surface area contributed by atoms with Crippen molar-refractivity contribution in [2.75, 3.05) is 19.5 Å². The maximum Gasteiger partial charge on any atom is 0.267 e. The fraction of sp³-hybridized carbons (Fsp3) is 0.182. The third-order valence-electron chi connectivity index (χ3n) is 4.63. The number of amides is 1. The van der Waals surface area contributed by atoms with E-state index in [-0.39, 0.29) is 18.0 Å². The van der Waals surface area contributed by atoms with Crippen LogP contribution in [-0.2, 0) is 11.3 Å². The molecule has 0 radical (unpaired) electrons. The molecule has 0 aliphatic rings. The fourth-order valence-corrected chi connectivity index (χ4v) is 4.08. The summed E-state index contributed by atoms with van der Waals surface area (Å²) in [6.07, 6.45) is 0. The molecule has 4 rings (SSSR count). The number of nitrogens with one attached hydrogen (secondary N) is 1. The number of methoxy groups -OCH3 is 2. The van der Waals surface area contributed by atoms with Crippen LogP contribution in [0, 0.1) is 6.92 Å². The summed E-state index contributed by atoms with van der Waals surface area (Å²) in [4.78, 5) is 29.3. The summed E-state index contributed by atoms with van der Waals surface area (Å²) in [7, 11) is 3.11. The van der Waals surface area contributed by atoms with Crippen molar-refractivity contribution in [2.45, 2.75) is 13.5 Å². The van der Waals surface area contributed by atoms with Gasteiger partial charge in [0.1, 0.15) is 18.0 Å². The minimum absolute atomic E-state index is 0.242. The molecule has 0 aliphatic carbocycles. The van der Waals surface area contributed by atoms with E-state index in [0.29, 0.717) is 27.9 Å². The molecule has 8 nitrogen and oxygen atoms in total. The Kier molecular flexibility index (Phi) is 5.68. The third-order valence-corrected chi connectivity index (χ3v) is 5.57. The molecule has 2 aromatic carbocycles. The van der Waals surface area contributed by atoms with Crippen LogP contribution in [0.5, 0.6) is 11.5 Å². The van der Waals surface area contributed by atoms with Crippen molar-refractivity contribution in [1.29, 1.82) is 0 Å². The predicted octanol–water partition coefficient (Wildman–Crippen LogP) is 3.48. The topological polar surface area (TPSA) is 95.3 Å². The number of ether oxygens (including phenoxy) is 2. The Morgan fingerprint density at radius 1 is 1.10 bits per heavy atom. The SMILES string of the molecule is COc1ccc(OC)c(-c2ccc(=O)n(CC(=O)Nc3nc4ccc(C)cc4s3)n2)c1. The average Bonchev–Trinajstić information content (AvgIpc) is 3.15. The molecule has 4 aromatic rings. The van der Waals surface area contributed by atoms with Gasteiger partial charge in [-0.2, -0.15) is 5.10 Å². The van der Waals surface area contributed by atoms with Crippen molar-refractivity contribution in [3.8, 4) is 22.8 Å². The van der Waals surface area contributed by atoms with Crippen LogP contribution >= 0.6 is 11.3 Å². The number of hydrogen-bond acceptors (Lipinski definition) is 7. The molecule has 0 atom stereocenters. The van der Waals surface area contributed by atoms with Gasteiger partial charge >= 0.3 is 0 Å². The fourth-order valence-electron chi connectivity index (χ4n) is 3.10. The second-order valence-electron chi connectivity index (χ2n) is 6.82. The van der Waals surface area contributed by atoms with E-state index in [1.54, 1.807) is 38.5 Å². The van der Waals surface area contributed by atoms with Crippen molar-refractivity contribution >= 4 is 32.6 Å². The Labute approximate surface area is 182 Å². The first-order chi connectivity index (χ1) is 15.0. The van der Waals surface area contributed by atoms with Crippen LogP contribution < -0.4 is 20.3 Å². The van der Waals surface area contributed by atoms with Crippen LogP contribution in [0.15, 0.2) is 53.3 Å². The predicted molar refractivity (Wildman–Crippen MR) is 120 cm³/mol. The highest BCUT2D eigenvalue weighted by atomic mass is 32.1. The van der Waals surface area contributed by atoms with Crippen molar-refractivity contribution in [3.05, 3.63) is 64.4 Å². The highest BCUT2D eigenvalue weighted by molar-refractivity contribution is 7.22. The van der Waals surface area contributed by atoms with Gasteiger partial charge in [0.25, 0.3) is 5.56 Å². The zero-order valence-corrected chi connectivity index (χ0v) is 18.0. The minimum atomic E-state index is -0.389. The van der Waals surface area contributed by atoms with E-state index in [2.05, 4.69) is 15.4 Å². The molecule has 0 saturated heterocycles. The number of carbonyl (C=O) groups excluding carboxylic acids is 1. The lowest BCUT2D eigenvalue weighted by Gasteiger charge is -2.11. The molecule has 158 valence electrons. The summed E-state index contributed by atoms with van der Waals surface area (Å²) in [5, 5.41) is 7.58. The second-order valence-corrected chi connectivity index (χ2v) is 7.85. The first-order valence-electron chi connectivity index (χ1n) is 9.44. The van der Waals surface area contributed by atoms with E-state index in [1.165, 1.54) is 17.4 Å². The number of anilines is 1. The molecule has 0 aliphatic heterocycles. The summed E-state index contributed by atoms with van der Waals surface area (Å²) in [6.45, 7) is 1.76. The molecule has 2 aromatic heterocycles. The summed E-state index contributed by atoms with van der Waals surface area (Å²) >= 11 is 1.38. The Balaban J connectivity index is 1.58. The van der Waals surface area contributed by atoms with Crippen LogP contribution in [0.3, 0.4) is 0 Å². The van der Waals surface area contributed by atoms with Crippen LogP contribution in [0.25, 0.3) is 21.5 Å². The summed E-state index contributed by atoms with van der Waals surface area (Å²) in [5.41, 5.74) is 2.68. The van der Waals surface area contributed by atoms with Crippen LogP contribution in [0.4, 0.5) is 5.13 Å². The summed E-state index contributed by atoms with van der Waals surface area (Å²) < 4.78 is 12.8. The number of carbonyl (C=O) groups is 1. The van der Waals surface area contributed by atoms with Crippen molar-refractivity contribution < 1.29 is 14.3 Å². The highest BCUT2D eigenvalue weighted by Crippen LogP contribution is 2.31. The Morgan fingerprint density at radius 3 is 2.71 bits per heavy atom. The molecular formula is C22H20N4O4S. The van der Waals surface area contributed by atoms with E-state index in [0.717, 1.165) is 20.5 Å². The lowest BCUT2D eigenvalue weighted by molar-refractivity contribution is -0.117. The number of hydrogen-bond donors (Lipinski definition) is 1. The van der Waals surface area contributed by atoms with Gasteiger partial charge in [-0.3, -0.25) is 9.59 Å². The molecule has 0 bridgehead atoms. The molecule has 2 heterocycles. The lowest BCUT2D eigenvalue weighted by Crippen LogP contribution is -2.29. The monoisotopic (exact) mass is 436 g/mol. The number of aromatic nitrogens is 3. The molecule has 1 N–H and O–H groups in total. The standard InChI is InChI=1S/C22H20N4O4S/c1-13-4-6-17-19(10-13)31-22(23-17)24-20(27)12-26-21(28)9-7-16(25-26)15-11-14(29-2)5-8-18(15)30-3/h4-11H,12H2,1-3H3,(H,23,24,27). The quantitative estimate of drug-likeness (QED) is 0.497. The highest BCUT2D eigenvalue weighted by Gasteiger charge is 2.14. The van der Waals surface area contributed by atoms with Gasteiger partial charge in [0, 0.05) is 11.6 Å². The maximum absolute atomic E-state index is 12.6. The normalized spacial score (nSPS) is 10.8. The number of aryl methyl sites for hydroxylation is 1. The van der Waals surface area contributed by atoms with Gasteiger partial charge in [0.15, 0.2) is 5.13 Å². The summed E-state index contributed by atoms with van der Waals surface area (Å²) in [5.74, 6) is 0.812. The van der Waals surface area contributed by atoms with E-state index < -0.39 is 0 Å². The van der Waals surface area contributed by atoms with Gasteiger partial charge < -0.3 is 14.8 Å². The van der Waals surface area contributed by atoms with Crippen LogP contribution in [0.1, 0.15) is 5.56 Å². The zero-order valence-electron chi connectivity index (χ0n) is 17.2. The van der Waals surface area contributed by atoms with E-state index >= 15 is 0 Å². The van der Waals surface area contributed by atoms with Gasteiger partial charge in [-0.1, -0.05) is 17.4 Å². The molecule has 1 amide bonds. The van der Waals surface area contributed by atoms with Gasteiger partial charge in [-0.15, -0.1) is 0 Å². The number of benzene rings is 2. The van der Waals surface area contributed by atoms with Gasteiger partial charge in [0.05, 0.1) is 30.1 Å². The largest absolute Gasteiger partial charge is 0.497 e. The van der Waals surface area contributed by atoms with E-state index in [1.807, 2.05) is 25.1 Å². The van der Waals surface area contributed by atoms with Gasteiger partial charge in [-0.05, 0) is 48.9 Å². The Hall–Kier alpha value is -3.72. The molecule has 31 heavy (non-hydrogen) atoms. The molecule has 0 saturated carbocycles. The molecule has 0 unspecified atom stereocenters. The van der Waals surface area contributed by atoms with E-state index in [9.17, 15) is 9.59 Å². The second kappa shape index (κ2) is 8.57. The first-order valence-corrected chi connectivity index (χ1v) is 10.3. The number of nitrogens with zero attached hydrogens (tertiary/aromatic N) is 3. The molecular weight excluding hydrogens is 416 g/mol. The van der Waals surface area contributed by atoms with Crippen molar-refractivity contribution in [1.82, 2.24) is 14.8 Å². The summed E-state index contributed by atoms with van der Waals surface area (Å²) in [6, 6.07) is 14.1. The van der Waals surface area contributed by atoms with Crippen LogP contribution in [-0.4, -0.2) is 34.9 Å². The smallest absolute Gasteiger partial charge is 0.267 e. The van der Waals surface area contributed by atoms with Gasteiger partial charge in [0.2, 0.25) is 5.91 Å². The average molecular weight is 436 g/mol. The lowest BCUT2D eigenvalue weighted by atomic mass is 10.1. The Bertz CT molecular complexity index is 1330. The van der Waals surface area contributed by atoms with Crippen molar-refractivity contribution in [2.24, 2.45) is 0 Å². The first kappa shape index (κ1) is 20.5.